The highest BCUT2D eigenvalue weighted by Crippen LogP contribution is 2.35. The molecule has 73 heavy (non-hydrogen) atoms. The van der Waals surface area contributed by atoms with Crippen LogP contribution in [0.15, 0.2) is 36.7 Å². The van der Waals surface area contributed by atoms with Crippen LogP contribution in [0.2, 0.25) is 0 Å². The van der Waals surface area contributed by atoms with Gasteiger partial charge in [-0.1, -0.05) is 6.07 Å². The maximum Gasteiger partial charge on any atom is 0.417 e. The van der Waals surface area contributed by atoms with Crippen LogP contribution < -0.4 is 11.1 Å². The Morgan fingerprint density at radius 1 is 0.630 bits per heavy atom. The quantitative estimate of drug-likeness (QED) is 0.187. The van der Waals surface area contributed by atoms with Crippen LogP contribution in [0.1, 0.15) is 150 Å². The largest absolute Gasteiger partial charge is 0.481 e. The summed E-state index contributed by atoms with van der Waals surface area (Å²) in [5.74, 6) is -0.115. The SMILES string of the molecule is CC(C)(C)S(=O)(=O)CC1CCC(C(=O)Cl)CC1.CC(C)(C)S(=O)(=O)CC1CCC(C(=O)Nc2ccc(C(F)(F)F)cn2)CC1.CC(C)(C)S(=O)(=O)CC1CCC(C(=O)O)CC1.Cc1ccc(N)nc1.O=S(Cl)Cl. The van der Waals surface area contributed by atoms with Crippen molar-refractivity contribution >= 4 is 100 Å². The monoisotopic (exact) mass is 1170 g/mol. The minimum Gasteiger partial charge on any atom is -0.481 e. The van der Waals surface area contributed by atoms with Crippen LogP contribution in [0.4, 0.5) is 24.8 Å². The normalized spacial score (nSPS) is 22.0. The molecule has 5 rings (SSSR count). The zero-order valence-corrected chi connectivity index (χ0v) is 49.0. The van der Waals surface area contributed by atoms with Gasteiger partial charge in [0.05, 0.1) is 43.0 Å². The number of aromatic nitrogens is 2. The fourth-order valence-electron chi connectivity index (χ4n) is 7.75. The number of nitrogens with two attached hydrogens (primary N) is 1. The number of hydrogen-bond acceptors (Lipinski definition) is 13. The maximum absolute atomic E-state index is 12.5. The minimum absolute atomic E-state index is 0.0301. The Labute approximate surface area is 448 Å². The van der Waals surface area contributed by atoms with E-state index in [2.05, 4.69) is 36.6 Å². The molecule has 3 fully saturated rings. The first kappa shape index (κ1) is 68.4. The number of aliphatic carboxylic acids is 1. The number of aryl methyl sites for hydroxylation is 1. The molecule has 2 aromatic rings. The van der Waals surface area contributed by atoms with Gasteiger partial charge in [-0.2, -0.15) is 13.2 Å². The fourth-order valence-corrected chi connectivity index (χ4v) is 12.3. The zero-order valence-electron chi connectivity index (χ0n) is 43.4. The van der Waals surface area contributed by atoms with Crippen molar-refractivity contribution in [1.29, 1.82) is 0 Å². The summed E-state index contributed by atoms with van der Waals surface area (Å²) in [5, 5.41) is 11.1. The van der Waals surface area contributed by atoms with Crippen LogP contribution in [-0.4, -0.2) is 93.2 Å². The third-order valence-corrected chi connectivity index (χ3v) is 21.7. The minimum atomic E-state index is -4.47. The van der Waals surface area contributed by atoms with E-state index < -0.39 is 70.7 Å². The molecule has 2 aromatic heterocycles. The molecule has 1 amide bonds. The van der Waals surface area contributed by atoms with Crippen LogP contribution in [0.3, 0.4) is 0 Å². The number of nitrogen functional groups attached to an aromatic ring is 1. The van der Waals surface area contributed by atoms with Crippen molar-refractivity contribution in [2.75, 3.05) is 28.3 Å². The van der Waals surface area contributed by atoms with Crippen molar-refractivity contribution in [2.45, 2.75) is 167 Å². The third kappa shape index (κ3) is 25.4. The van der Waals surface area contributed by atoms with Gasteiger partial charge >= 0.3 is 12.1 Å². The number of carbonyl (C=O) groups excluding carboxylic acids is 2. The van der Waals surface area contributed by atoms with Crippen molar-refractivity contribution in [3.8, 4) is 0 Å². The number of amides is 1. The van der Waals surface area contributed by atoms with Gasteiger partial charge < -0.3 is 16.2 Å². The Kier molecular flexibility index (Phi) is 27.4. The molecule has 15 nitrogen and oxygen atoms in total. The molecular formula is C48H76Cl3F3N4O11S4. The smallest absolute Gasteiger partial charge is 0.417 e. The molecule has 3 aliphatic rings. The highest BCUT2D eigenvalue weighted by Gasteiger charge is 2.37. The first-order chi connectivity index (χ1) is 33.1. The van der Waals surface area contributed by atoms with Gasteiger partial charge in [0.1, 0.15) is 11.6 Å². The first-order valence-electron chi connectivity index (χ1n) is 23.9. The molecule has 0 spiro atoms. The molecule has 4 N–H and O–H groups in total. The number of alkyl halides is 3. The average molecular weight is 1180 g/mol. The van der Waals surface area contributed by atoms with Crippen molar-refractivity contribution < 1.29 is 62.1 Å². The number of sulfone groups is 3. The second kappa shape index (κ2) is 29.2. The first-order valence-corrected chi connectivity index (χ1v) is 32.1. The number of nitrogens with zero attached hydrogens (tertiary/aromatic N) is 2. The maximum atomic E-state index is 12.5. The topological polar surface area (TPSA) is 255 Å². The standard InChI is InChI=1S/C18H25F3N2O3S.C12H21ClO3S.C12H22O4S.C6H8N2.Cl2OS/c1-17(2,3)27(25,26)11-12-4-6-13(7-5-12)16(24)23-15-9-8-14(10-22-15)18(19,20)21;2*1-12(2,3)17(15,16)8-9-4-6-10(7-5-9)11(13)14;1-5-2-3-6(7)8-4-5;1-4(2)3/h8-10,12-13H,4-7,11H2,1-3H3,(H,22,23,24);9-10H,4-8H2,1-3H3;9-10H,4-8H2,1-3H3,(H,13,14);2-4H,1H3,(H2,7,8);. The summed E-state index contributed by atoms with van der Waals surface area (Å²) >= 11 is 5.45. The van der Waals surface area contributed by atoms with Crippen LogP contribution in [0.25, 0.3) is 0 Å². The van der Waals surface area contributed by atoms with Gasteiger partial charge in [-0.15, -0.1) is 0 Å². The number of nitrogens with one attached hydrogen (secondary N) is 1. The lowest BCUT2D eigenvalue weighted by atomic mass is 9.82. The molecule has 0 unspecified atom stereocenters. The molecule has 3 saturated carbocycles. The lowest BCUT2D eigenvalue weighted by Crippen LogP contribution is -2.35. The van der Waals surface area contributed by atoms with Gasteiger partial charge in [-0.05, 0) is 199 Å². The van der Waals surface area contributed by atoms with Gasteiger partial charge in [0, 0.05) is 45.6 Å². The van der Waals surface area contributed by atoms with E-state index in [1.54, 1.807) is 74.6 Å². The Hall–Kier alpha value is -2.63. The number of pyridine rings is 2. The molecule has 3 aliphatic carbocycles. The molecule has 0 aromatic carbocycles. The summed E-state index contributed by atoms with van der Waals surface area (Å²) in [5.41, 5.74) is 5.58. The van der Waals surface area contributed by atoms with Gasteiger partial charge in [0.15, 0.2) is 29.5 Å². The number of halogens is 6. The molecule has 0 atom stereocenters. The van der Waals surface area contributed by atoms with E-state index in [0.29, 0.717) is 63.4 Å². The second-order valence-electron chi connectivity index (χ2n) is 21.8. The second-order valence-corrected chi connectivity index (χ2v) is 33.1. The van der Waals surface area contributed by atoms with Gasteiger partial charge in [0.2, 0.25) is 20.4 Å². The number of carboxylic acid groups (broad SMARTS) is 1. The predicted molar refractivity (Wildman–Crippen MR) is 287 cm³/mol. The van der Waals surface area contributed by atoms with Crippen molar-refractivity contribution in [3.63, 3.8) is 0 Å². The van der Waals surface area contributed by atoms with Gasteiger partial charge in [-0.25, -0.2) is 39.4 Å². The summed E-state index contributed by atoms with van der Waals surface area (Å²) in [6.07, 6.45) is 6.02. The van der Waals surface area contributed by atoms with Crippen LogP contribution in [-0.2, 0) is 59.3 Å². The van der Waals surface area contributed by atoms with E-state index in [9.17, 15) is 52.8 Å². The van der Waals surface area contributed by atoms with Crippen LogP contribution >= 0.6 is 33.0 Å². The predicted octanol–water partition coefficient (Wildman–Crippen LogP) is 10.9. The van der Waals surface area contributed by atoms with E-state index in [0.717, 1.165) is 43.4 Å². The number of anilines is 2. The summed E-state index contributed by atoms with van der Waals surface area (Å²) in [6, 6.07) is 5.72. The van der Waals surface area contributed by atoms with Crippen LogP contribution in [0, 0.1) is 42.4 Å². The lowest BCUT2D eigenvalue weighted by molar-refractivity contribution is -0.143. The molecular weight excluding hydrogens is 1100 g/mol. The van der Waals surface area contributed by atoms with E-state index in [1.807, 2.05) is 13.0 Å². The Morgan fingerprint density at radius 2 is 0.986 bits per heavy atom. The third-order valence-electron chi connectivity index (χ3n) is 13.0. The molecule has 0 bridgehead atoms. The van der Waals surface area contributed by atoms with E-state index >= 15 is 0 Å². The summed E-state index contributed by atoms with van der Waals surface area (Å²) in [6.45, 7) is 17.4. The Morgan fingerprint density at radius 3 is 1.25 bits per heavy atom. The average Bonchev–Trinajstić information content (AvgIpc) is 3.24. The molecule has 0 radical (unpaired) electrons. The van der Waals surface area contributed by atoms with Gasteiger partial charge in [0.25, 0.3) is 0 Å². The number of carboxylic acids is 1. The van der Waals surface area contributed by atoms with Crippen molar-refractivity contribution in [1.82, 2.24) is 9.97 Å². The van der Waals surface area contributed by atoms with Gasteiger partial charge in [-0.3, -0.25) is 14.4 Å². The fraction of sp³-hybridized carbons (Fsp3) is 0.729. The number of rotatable bonds is 10. The number of carbonyl (C=O) groups is 3. The van der Waals surface area contributed by atoms with E-state index in [1.165, 1.54) is 0 Å². The Balaban J connectivity index is 0.000000505. The summed E-state index contributed by atoms with van der Waals surface area (Å²) < 4.78 is 117. The highest BCUT2D eigenvalue weighted by atomic mass is 36.0. The van der Waals surface area contributed by atoms with Crippen molar-refractivity contribution in [2.24, 2.45) is 35.5 Å². The van der Waals surface area contributed by atoms with Crippen LogP contribution in [0.5, 0.6) is 0 Å². The summed E-state index contributed by atoms with van der Waals surface area (Å²) in [7, 11) is -1.98. The van der Waals surface area contributed by atoms with Crippen molar-refractivity contribution in [3.05, 3.63) is 47.8 Å². The molecule has 0 aliphatic heterocycles. The molecule has 2 heterocycles. The molecule has 0 saturated heterocycles. The van der Waals surface area contributed by atoms with E-state index in [4.69, 9.17) is 26.7 Å². The summed E-state index contributed by atoms with van der Waals surface area (Å²) in [4.78, 5) is 41.6. The molecule has 420 valence electrons. The lowest BCUT2D eigenvalue weighted by Gasteiger charge is -2.29. The zero-order chi connectivity index (χ0) is 56.6. The van der Waals surface area contributed by atoms with E-state index in [-0.39, 0.29) is 69.7 Å². The Bertz CT molecular complexity index is 2320. The highest BCUT2D eigenvalue weighted by molar-refractivity contribution is 8.26. The number of hydrogen-bond donors (Lipinski definition) is 3. The molecule has 25 heteroatoms.